The largest absolute Gasteiger partial charge is 0.506 e. The van der Waals surface area contributed by atoms with E-state index in [1.807, 2.05) is 0 Å². The lowest BCUT2D eigenvalue weighted by Crippen LogP contribution is -2.00. The average Bonchev–Trinajstić information content (AvgIpc) is 2.88. The third-order valence-electron chi connectivity index (χ3n) is 2.46. The zero-order chi connectivity index (χ0) is 13.8. The molecule has 0 unspecified atom stereocenters. The number of rotatable bonds is 4. The monoisotopic (exact) mass is 281 g/mol. The number of benzene rings is 1. The fraction of sp³-hybridized carbons (Fsp3) is 0.154. The van der Waals surface area contributed by atoms with E-state index in [-0.39, 0.29) is 16.5 Å². The van der Waals surface area contributed by atoms with Gasteiger partial charge in [0.15, 0.2) is 0 Å². The third-order valence-corrected chi connectivity index (χ3v) is 2.77. The van der Waals surface area contributed by atoms with Gasteiger partial charge in [0.05, 0.1) is 18.7 Å². The summed E-state index contributed by atoms with van der Waals surface area (Å²) in [6, 6.07) is 8.01. The van der Waals surface area contributed by atoms with E-state index in [4.69, 9.17) is 16.0 Å². The number of phenolic OH excluding ortho intramolecular Hbond substituents is 1. The minimum Gasteiger partial charge on any atom is -0.506 e. The molecule has 100 valence electrons. The van der Waals surface area contributed by atoms with Crippen LogP contribution in [0.5, 0.6) is 5.75 Å². The molecule has 0 fully saturated rings. The van der Waals surface area contributed by atoms with Gasteiger partial charge in [-0.2, -0.15) is 0 Å². The Labute approximate surface area is 114 Å². The summed E-state index contributed by atoms with van der Waals surface area (Å²) in [5.74, 6) is 0.254. The molecule has 1 heterocycles. The average molecular weight is 282 g/mol. The molecule has 0 radical (unpaired) electrons. The van der Waals surface area contributed by atoms with E-state index in [0.29, 0.717) is 12.3 Å². The van der Waals surface area contributed by atoms with Gasteiger partial charge < -0.3 is 19.6 Å². The molecule has 2 aromatic rings. The molecule has 0 aliphatic rings. The molecule has 2 rings (SSSR count). The molecule has 5 nitrogen and oxygen atoms in total. The fourth-order valence-electron chi connectivity index (χ4n) is 1.49. The van der Waals surface area contributed by atoms with E-state index < -0.39 is 5.97 Å². The normalized spacial score (nSPS) is 10.2. The van der Waals surface area contributed by atoms with Crippen LogP contribution in [0.3, 0.4) is 0 Å². The van der Waals surface area contributed by atoms with Crippen molar-refractivity contribution in [2.24, 2.45) is 0 Å². The van der Waals surface area contributed by atoms with Crippen LogP contribution in [0.15, 0.2) is 34.7 Å². The van der Waals surface area contributed by atoms with Gasteiger partial charge in [-0.1, -0.05) is 11.6 Å². The number of esters is 1. The molecule has 19 heavy (non-hydrogen) atoms. The molecule has 1 aromatic heterocycles. The van der Waals surface area contributed by atoms with Gasteiger partial charge in [0.25, 0.3) is 0 Å². The number of phenols is 1. The molecule has 1 aromatic carbocycles. The van der Waals surface area contributed by atoms with E-state index in [9.17, 15) is 9.90 Å². The Morgan fingerprint density at radius 1 is 1.42 bits per heavy atom. The van der Waals surface area contributed by atoms with E-state index >= 15 is 0 Å². The Hall–Kier alpha value is -2.14. The summed E-state index contributed by atoms with van der Waals surface area (Å²) in [5.41, 5.74) is 0.735. The summed E-state index contributed by atoms with van der Waals surface area (Å²) in [6.07, 6.45) is 0. The number of hydrogen-bond donors (Lipinski definition) is 2. The lowest BCUT2D eigenvalue weighted by atomic mass is 10.3. The first-order valence-corrected chi connectivity index (χ1v) is 5.87. The van der Waals surface area contributed by atoms with E-state index in [1.165, 1.54) is 13.2 Å². The number of carbonyl (C=O) groups excluding carboxylic acids is 1. The molecule has 2 N–H and O–H groups in total. The van der Waals surface area contributed by atoms with Crippen LogP contribution in [-0.4, -0.2) is 18.2 Å². The Bertz CT molecular complexity index is 594. The van der Waals surface area contributed by atoms with Crippen molar-refractivity contribution in [3.05, 3.63) is 46.9 Å². The summed E-state index contributed by atoms with van der Waals surface area (Å²) >= 11 is 5.79. The molecule has 0 saturated heterocycles. The van der Waals surface area contributed by atoms with Crippen LogP contribution in [0.1, 0.15) is 16.3 Å². The van der Waals surface area contributed by atoms with Gasteiger partial charge in [0, 0.05) is 5.69 Å². The van der Waals surface area contributed by atoms with Crippen molar-refractivity contribution in [1.82, 2.24) is 0 Å². The second kappa shape index (κ2) is 5.67. The molecular formula is C13H12ClNO4. The minimum atomic E-state index is -0.515. The molecular weight excluding hydrogens is 270 g/mol. The second-order valence-corrected chi connectivity index (χ2v) is 4.18. The zero-order valence-corrected chi connectivity index (χ0v) is 10.9. The standard InChI is InChI=1S/C13H12ClNO4/c1-18-13(17)12-5-3-9(19-12)7-15-8-2-4-11(16)10(14)6-8/h2-6,15-16H,7H2,1H3. The second-order valence-electron chi connectivity index (χ2n) is 3.78. The Balaban J connectivity index is 2.00. The van der Waals surface area contributed by atoms with Crippen LogP contribution < -0.4 is 5.32 Å². The molecule has 0 aliphatic heterocycles. The molecule has 0 saturated carbocycles. The summed E-state index contributed by atoms with van der Waals surface area (Å²) in [5, 5.41) is 12.6. The summed E-state index contributed by atoms with van der Waals surface area (Å²) in [7, 11) is 1.29. The van der Waals surface area contributed by atoms with Gasteiger partial charge in [0.2, 0.25) is 5.76 Å². The summed E-state index contributed by atoms with van der Waals surface area (Å²) in [4.78, 5) is 11.2. The number of methoxy groups -OCH3 is 1. The van der Waals surface area contributed by atoms with Gasteiger partial charge in [-0.3, -0.25) is 0 Å². The van der Waals surface area contributed by atoms with Crippen LogP contribution in [-0.2, 0) is 11.3 Å². The first kappa shape index (κ1) is 13.3. The summed E-state index contributed by atoms with van der Waals surface area (Å²) < 4.78 is 9.84. The van der Waals surface area contributed by atoms with Crippen molar-refractivity contribution in [1.29, 1.82) is 0 Å². The van der Waals surface area contributed by atoms with Crippen molar-refractivity contribution < 1.29 is 19.1 Å². The maximum absolute atomic E-state index is 11.2. The smallest absolute Gasteiger partial charge is 0.373 e. The molecule has 0 spiro atoms. The van der Waals surface area contributed by atoms with E-state index in [2.05, 4.69) is 10.1 Å². The Kier molecular flexibility index (Phi) is 3.97. The number of furan rings is 1. The lowest BCUT2D eigenvalue weighted by molar-refractivity contribution is 0.0563. The number of ether oxygens (including phenoxy) is 1. The zero-order valence-electron chi connectivity index (χ0n) is 10.1. The highest BCUT2D eigenvalue weighted by Gasteiger charge is 2.10. The topological polar surface area (TPSA) is 71.7 Å². The quantitative estimate of drug-likeness (QED) is 0.666. The maximum Gasteiger partial charge on any atom is 0.373 e. The Morgan fingerprint density at radius 2 is 2.21 bits per heavy atom. The first-order valence-electron chi connectivity index (χ1n) is 5.49. The van der Waals surface area contributed by atoms with Gasteiger partial charge in [0.1, 0.15) is 11.5 Å². The van der Waals surface area contributed by atoms with Crippen molar-refractivity contribution in [2.75, 3.05) is 12.4 Å². The minimum absolute atomic E-state index is 0.0261. The Morgan fingerprint density at radius 3 is 2.89 bits per heavy atom. The molecule has 0 aliphatic carbocycles. The number of nitrogens with one attached hydrogen (secondary N) is 1. The highest BCUT2D eigenvalue weighted by Crippen LogP contribution is 2.26. The number of hydrogen-bond acceptors (Lipinski definition) is 5. The SMILES string of the molecule is COC(=O)c1ccc(CNc2ccc(O)c(Cl)c2)o1. The van der Waals surface area contributed by atoms with Crippen molar-refractivity contribution >= 4 is 23.3 Å². The fourth-order valence-corrected chi connectivity index (χ4v) is 1.67. The number of halogens is 1. The highest BCUT2D eigenvalue weighted by atomic mass is 35.5. The van der Waals surface area contributed by atoms with Crippen LogP contribution in [0.4, 0.5) is 5.69 Å². The predicted molar refractivity (Wildman–Crippen MR) is 70.5 cm³/mol. The van der Waals surface area contributed by atoms with Gasteiger partial charge >= 0.3 is 5.97 Å². The van der Waals surface area contributed by atoms with Crippen LogP contribution in [0.25, 0.3) is 0 Å². The number of anilines is 1. The first-order chi connectivity index (χ1) is 9.10. The molecule has 6 heteroatoms. The van der Waals surface area contributed by atoms with Gasteiger partial charge in [-0.05, 0) is 30.3 Å². The van der Waals surface area contributed by atoms with Crippen LogP contribution in [0.2, 0.25) is 5.02 Å². The van der Waals surface area contributed by atoms with Crippen molar-refractivity contribution in [3.8, 4) is 5.75 Å². The summed E-state index contributed by atoms with van der Waals surface area (Å²) in [6.45, 7) is 0.387. The van der Waals surface area contributed by atoms with E-state index in [0.717, 1.165) is 5.69 Å². The molecule has 0 atom stereocenters. The third kappa shape index (κ3) is 3.20. The van der Waals surface area contributed by atoms with Gasteiger partial charge in [-0.25, -0.2) is 4.79 Å². The highest BCUT2D eigenvalue weighted by molar-refractivity contribution is 6.32. The van der Waals surface area contributed by atoms with Crippen molar-refractivity contribution in [2.45, 2.75) is 6.54 Å². The van der Waals surface area contributed by atoms with E-state index in [1.54, 1.807) is 24.3 Å². The molecule has 0 bridgehead atoms. The van der Waals surface area contributed by atoms with Crippen LogP contribution >= 0.6 is 11.6 Å². The lowest BCUT2D eigenvalue weighted by Gasteiger charge is -2.05. The van der Waals surface area contributed by atoms with Crippen LogP contribution in [0, 0.1) is 0 Å². The van der Waals surface area contributed by atoms with Crippen molar-refractivity contribution in [3.63, 3.8) is 0 Å². The maximum atomic E-state index is 11.2. The number of aromatic hydroxyl groups is 1. The molecule has 0 amide bonds. The number of carbonyl (C=O) groups is 1. The predicted octanol–water partition coefficient (Wildman–Crippen LogP) is 3.04. The van der Waals surface area contributed by atoms with Gasteiger partial charge in [-0.15, -0.1) is 0 Å².